The van der Waals surface area contributed by atoms with Crippen molar-refractivity contribution in [1.82, 2.24) is 0 Å². The van der Waals surface area contributed by atoms with Gasteiger partial charge in [0, 0.05) is 14.6 Å². The highest BCUT2D eigenvalue weighted by Crippen LogP contribution is 2.28. The van der Waals surface area contributed by atoms with Crippen LogP contribution in [0.2, 0.25) is 10.0 Å². The predicted octanol–water partition coefficient (Wildman–Crippen LogP) is 5.77. The zero-order valence-electron chi connectivity index (χ0n) is 9.38. The summed E-state index contributed by atoms with van der Waals surface area (Å²) < 4.78 is 1.39. The van der Waals surface area contributed by atoms with E-state index in [4.69, 9.17) is 23.2 Å². The van der Waals surface area contributed by atoms with Gasteiger partial charge in [-0.1, -0.05) is 29.3 Å². The molecule has 2 aromatic carbocycles. The maximum Gasteiger partial charge on any atom is 0.257 e. The molecule has 98 valence electrons. The van der Waals surface area contributed by atoms with Crippen molar-refractivity contribution in [2.24, 2.45) is 0 Å². The third-order valence-electron chi connectivity index (χ3n) is 2.37. The second kappa shape index (κ2) is 6.27. The van der Waals surface area contributed by atoms with Crippen LogP contribution in [-0.2, 0) is 0 Å². The summed E-state index contributed by atoms with van der Waals surface area (Å²) >= 11 is 18.6. The Labute approximate surface area is 137 Å². The van der Waals surface area contributed by atoms with E-state index in [0.29, 0.717) is 30.2 Å². The third kappa shape index (κ3) is 3.51. The van der Waals surface area contributed by atoms with Gasteiger partial charge >= 0.3 is 0 Å². The van der Waals surface area contributed by atoms with Gasteiger partial charge in [0.05, 0.1) is 15.6 Å². The average molecular weight is 424 g/mol. The van der Waals surface area contributed by atoms with Gasteiger partial charge in [-0.2, -0.15) is 0 Å². The van der Waals surface area contributed by atoms with Crippen LogP contribution in [0, 0.1) is 0 Å². The fourth-order valence-electron chi connectivity index (χ4n) is 1.45. The Hall–Kier alpha value is -0.550. The second-order valence-electron chi connectivity index (χ2n) is 3.68. The first-order chi connectivity index (χ1) is 8.99. The predicted molar refractivity (Wildman–Crippen MR) is 86.3 cm³/mol. The van der Waals surface area contributed by atoms with E-state index in [1.807, 2.05) is 0 Å². The monoisotopic (exact) mass is 421 g/mol. The number of benzene rings is 2. The molecule has 2 aromatic rings. The van der Waals surface area contributed by atoms with E-state index in [2.05, 4.69) is 37.2 Å². The van der Waals surface area contributed by atoms with Gasteiger partial charge in [0.15, 0.2) is 0 Å². The van der Waals surface area contributed by atoms with E-state index < -0.39 is 0 Å². The molecule has 0 heterocycles. The highest BCUT2D eigenvalue weighted by molar-refractivity contribution is 9.10. The molecule has 0 fully saturated rings. The summed E-state index contributed by atoms with van der Waals surface area (Å²) in [6.07, 6.45) is 0. The van der Waals surface area contributed by atoms with E-state index in [9.17, 15) is 4.79 Å². The third-order valence-corrected chi connectivity index (χ3v) is 4.88. The van der Waals surface area contributed by atoms with Crippen molar-refractivity contribution in [3.05, 3.63) is 61.0 Å². The maximum absolute atomic E-state index is 12.1. The summed E-state index contributed by atoms with van der Waals surface area (Å²) in [4.78, 5) is 12.1. The molecular weight excluding hydrogens is 417 g/mol. The Morgan fingerprint density at radius 3 is 2.47 bits per heavy atom. The fourth-order valence-corrected chi connectivity index (χ4v) is 2.53. The Bertz CT molecular complexity index is 647. The normalized spacial score (nSPS) is 10.3. The van der Waals surface area contributed by atoms with Crippen LogP contribution in [0.1, 0.15) is 10.4 Å². The number of hydrogen-bond donors (Lipinski definition) is 1. The lowest BCUT2D eigenvalue weighted by Gasteiger charge is -2.08. The van der Waals surface area contributed by atoms with Crippen LogP contribution in [0.5, 0.6) is 0 Å². The quantitative estimate of drug-likeness (QED) is 0.652. The van der Waals surface area contributed by atoms with Crippen molar-refractivity contribution in [3.8, 4) is 0 Å². The number of carbonyl (C=O) groups is 1. The van der Waals surface area contributed by atoms with Gasteiger partial charge < -0.3 is 5.32 Å². The van der Waals surface area contributed by atoms with Crippen LogP contribution >= 0.6 is 55.1 Å². The van der Waals surface area contributed by atoms with Crippen LogP contribution in [0.15, 0.2) is 45.3 Å². The average Bonchev–Trinajstić information content (AvgIpc) is 2.37. The number of anilines is 1. The minimum atomic E-state index is -0.277. The second-order valence-corrected chi connectivity index (χ2v) is 6.18. The van der Waals surface area contributed by atoms with Crippen molar-refractivity contribution in [2.45, 2.75) is 0 Å². The maximum atomic E-state index is 12.1. The summed E-state index contributed by atoms with van der Waals surface area (Å²) in [5.41, 5.74) is 1.04. The van der Waals surface area contributed by atoms with Crippen LogP contribution in [-0.4, -0.2) is 5.91 Å². The van der Waals surface area contributed by atoms with Gasteiger partial charge in [-0.05, 0) is 62.2 Å². The molecule has 1 N–H and O–H groups in total. The van der Waals surface area contributed by atoms with Crippen molar-refractivity contribution in [2.75, 3.05) is 5.32 Å². The van der Waals surface area contributed by atoms with Crippen molar-refractivity contribution >= 4 is 66.7 Å². The molecule has 0 spiro atoms. The molecule has 0 bridgehead atoms. The van der Waals surface area contributed by atoms with E-state index in [1.165, 1.54) is 0 Å². The number of rotatable bonds is 2. The molecule has 0 aliphatic carbocycles. The minimum absolute atomic E-state index is 0.277. The van der Waals surface area contributed by atoms with Crippen LogP contribution in [0.3, 0.4) is 0 Å². The summed E-state index contributed by atoms with van der Waals surface area (Å²) in [5, 5.41) is 3.73. The minimum Gasteiger partial charge on any atom is -0.322 e. The SMILES string of the molecule is O=C(Nc1ccc(Cl)c(Br)c1)c1cccc(Br)c1Cl. The Morgan fingerprint density at radius 2 is 1.79 bits per heavy atom. The van der Waals surface area contributed by atoms with Gasteiger partial charge in [-0.25, -0.2) is 0 Å². The van der Waals surface area contributed by atoms with Crippen LogP contribution in [0.25, 0.3) is 0 Å². The molecule has 0 saturated heterocycles. The van der Waals surface area contributed by atoms with Crippen molar-refractivity contribution in [3.63, 3.8) is 0 Å². The van der Waals surface area contributed by atoms with E-state index >= 15 is 0 Å². The van der Waals surface area contributed by atoms with Crippen molar-refractivity contribution in [1.29, 1.82) is 0 Å². The molecule has 19 heavy (non-hydrogen) atoms. The Kier molecular flexibility index (Phi) is 4.90. The van der Waals surface area contributed by atoms with E-state index in [1.54, 1.807) is 36.4 Å². The zero-order chi connectivity index (χ0) is 14.0. The Morgan fingerprint density at radius 1 is 1.05 bits per heavy atom. The summed E-state index contributed by atoms with van der Waals surface area (Å²) in [7, 11) is 0. The standard InChI is InChI=1S/C13H7Br2Cl2NO/c14-9-3-1-2-8(12(9)17)13(19)18-7-4-5-11(16)10(15)6-7/h1-6H,(H,18,19). The Balaban J connectivity index is 2.26. The molecule has 0 saturated carbocycles. The van der Waals surface area contributed by atoms with Gasteiger partial charge in [0.25, 0.3) is 5.91 Å². The number of carbonyl (C=O) groups excluding carboxylic acids is 1. The molecule has 0 aliphatic rings. The highest BCUT2D eigenvalue weighted by atomic mass is 79.9. The first-order valence-electron chi connectivity index (χ1n) is 5.19. The molecule has 0 aliphatic heterocycles. The number of hydrogen-bond acceptors (Lipinski definition) is 1. The van der Waals surface area contributed by atoms with Crippen LogP contribution in [0.4, 0.5) is 5.69 Å². The lowest BCUT2D eigenvalue weighted by atomic mass is 10.2. The van der Waals surface area contributed by atoms with E-state index in [0.717, 1.165) is 0 Å². The molecule has 0 unspecified atom stereocenters. The molecule has 2 rings (SSSR count). The van der Waals surface area contributed by atoms with E-state index in [-0.39, 0.29) is 5.91 Å². The molecule has 2 nitrogen and oxygen atoms in total. The van der Waals surface area contributed by atoms with Gasteiger partial charge in [0.1, 0.15) is 0 Å². The molecule has 0 aromatic heterocycles. The number of halogens is 4. The first kappa shape index (κ1) is 14.9. The largest absolute Gasteiger partial charge is 0.322 e. The smallest absolute Gasteiger partial charge is 0.257 e. The molecule has 0 atom stereocenters. The lowest BCUT2D eigenvalue weighted by Crippen LogP contribution is -2.12. The molecule has 6 heteroatoms. The van der Waals surface area contributed by atoms with Gasteiger partial charge in [0.2, 0.25) is 0 Å². The summed E-state index contributed by atoms with van der Waals surface area (Å²) in [6, 6.07) is 10.3. The van der Waals surface area contributed by atoms with Crippen LogP contribution < -0.4 is 5.32 Å². The van der Waals surface area contributed by atoms with Crippen molar-refractivity contribution < 1.29 is 4.79 Å². The molecule has 1 amide bonds. The highest BCUT2D eigenvalue weighted by Gasteiger charge is 2.12. The van der Waals surface area contributed by atoms with Gasteiger partial charge in [-0.3, -0.25) is 4.79 Å². The number of nitrogens with one attached hydrogen (secondary N) is 1. The molecular formula is C13H7Br2Cl2NO. The summed E-state index contributed by atoms with van der Waals surface area (Å²) in [6.45, 7) is 0. The molecule has 0 radical (unpaired) electrons. The lowest BCUT2D eigenvalue weighted by molar-refractivity contribution is 0.102. The summed E-state index contributed by atoms with van der Waals surface area (Å²) in [5.74, 6) is -0.277. The number of amides is 1. The first-order valence-corrected chi connectivity index (χ1v) is 7.53. The van der Waals surface area contributed by atoms with Gasteiger partial charge in [-0.15, -0.1) is 0 Å². The fraction of sp³-hybridized carbons (Fsp3) is 0. The topological polar surface area (TPSA) is 29.1 Å². The zero-order valence-corrected chi connectivity index (χ0v) is 14.1.